The van der Waals surface area contributed by atoms with Crippen LogP contribution in [0, 0.1) is 5.92 Å². The Morgan fingerprint density at radius 1 is 1.09 bits per heavy atom. The Morgan fingerprint density at radius 3 is 2.36 bits per heavy atom. The van der Waals surface area contributed by atoms with E-state index in [9.17, 15) is 4.79 Å². The lowest BCUT2D eigenvalue weighted by atomic mass is 10.1. The topological polar surface area (TPSA) is 41.5 Å². The first-order chi connectivity index (χ1) is 10.8. The number of hydrazone groups is 1. The third-order valence-electron chi connectivity index (χ3n) is 4.10. The van der Waals surface area contributed by atoms with Crippen LogP contribution >= 0.6 is 0 Å². The highest BCUT2D eigenvalue weighted by Gasteiger charge is 2.43. The van der Waals surface area contributed by atoms with E-state index in [1.807, 2.05) is 55.5 Å². The number of hydrogen-bond donors (Lipinski definition) is 1. The fourth-order valence-electron chi connectivity index (χ4n) is 2.74. The van der Waals surface area contributed by atoms with E-state index in [2.05, 4.69) is 22.7 Å². The summed E-state index contributed by atoms with van der Waals surface area (Å²) in [5.41, 5.74) is 5.95. The van der Waals surface area contributed by atoms with E-state index < -0.39 is 0 Å². The Labute approximate surface area is 131 Å². The third kappa shape index (κ3) is 3.25. The average molecular weight is 292 g/mol. The molecule has 0 radical (unpaired) electrons. The van der Waals surface area contributed by atoms with E-state index in [1.165, 1.54) is 5.56 Å². The number of amides is 1. The zero-order valence-corrected chi connectivity index (χ0v) is 12.7. The monoisotopic (exact) mass is 292 g/mol. The van der Waals surface area contributed by atoms with Gasteiger partial charge in [-0.15, -0.1) is 0 Å². The van der Waals surface area contributed by atoms with Gasteiger partial charge >= 0.3 is 0 Å². The highest BCUT2D eigenvalue weighted by atomic mass is 16.2. The van der Waals surface area contributed by atoms with Gasteiger partial charge in [0.15, 0.2) is 0 Å². The summed E-state index contributed by atoms with van der Waals surface area (Å²) in [6, 6.07) is 20.2. The van der Waals surface area contributed by atoms with Crippen LogP contribution in [0.25, 0.3) is 0 Å². The summed E-state index contributed by atoms with van der Waals surface area (Å²) in [6.07, 6.45) is 1.70. The van der Waals surface area contributed by atoms with Gasteiger partial charge in [-0.3, -0.25) is 4.79 Å². The normalized spacial score (nSPS) is 20.5. The molecule has 112 valence electrons. The summed E-state index contributed by atoms with van der Waals surface area (Å²) >= 11 is 0. The predicted octanol–water partition coefficient (Wildman–Crippen LogP) is 3.72. The number of rotatable bonds is 5. The van der Waals surface area contributed by atoms with Crippen LogP contribution in [0.2, 0.25) is 0 Å². The fourth-order valence-corrected chi connectivity index (χ4v) is 2.74. The van der Waals surface area contributed by atoms with Gasteiger partial charge in [-0.1, -0.05) is 67.6 Å². The summed E-state index contributed by atoms with van der Waals surface area (Å²) in [5, 5.41) is 4.32. The van der Waals surface area contributed by atoms with Crippen molar-refractivity contribution in [3.63, 3.8) is 0 Å². The molecule has 2 unspecified atom stereocenters. The molecular formula is C19H20N2O. The second-order valence-corrected chi connectivity index (χ2v) is 5.61. The number of hydrogen-bond acceptors (Lipinski definition) is 2. The molecule has 1 saturated carbocycles. The van der Waals surface area contributed by atoms with Crippen LogP contribution in [-0.4, -0.2) is 11.6 Å². The molecule has 1 aliphatic carbocycles. The molecule has 3 heteroatoms. The van der Waals surface area contributed by atoms with Gasteiger partial charge in [0.25, 0.3) is 0 Å². The van der Waals surface area contributed by atoms with Crippen molar-refractivity contribution in [2.24, 2.45) is 11.0 Å². The number of carbonyl (C=O) groups excluding carboxylic acids is 1. The first-order valence-electron chi connectivity index (χ1n) is 7.76. The summed E-state index contributed by atoms with van der Waals surface area (Å²) < 4.78 is 0. The molecule has 1 aliphatic rings. The predicted molar refractivity (Wildman–Crippen MR) is 88.7 cm³/mol. The molecule has 0 bridgehead atoms. The van der Waals surface area contributed by atoms with Gasteiger partial charge in [0, 0.05) is 5.92 Å². The van der Waals surface area contributed by atoms with Crippen molar-refractivity contribution in [1.29, 1.82) is 0 Å². The van der Waals surface area contributed by atoms with Crippen LogP contribution in [0.5, 0.6) is 0 Å². The van der Waals surface area contributed by atoms with Crippen molar-refractivity contribution in [2.45, 2.75) is 25.7 Å². The van der Waals surface area contributed by atoms with Gasteiger partial charge in [0.2, 0.25) is 5.91 Å². The molecule has 0 heterocycles. The fraction of sp³-hybridized carbons (Fsp3) is 0.263. The van der Waals surface area contributed by atoms with Gasteiger partial charge in [-0.05, 0) is 29.9 Å². The summed E-state index contributed by atoms with van der Waals surface area (Å²) in [6.45, 7) is 2.04. The minimum absolute atomic E-state index is 0.0238. The molecule has 0 saturated heterocycles. The largest absolute Gasteiger partial charge is 0.273 e. The van der Waals surface area contributed by atoms with E-state index in [4.69, 9.17) is 0 Å². The van der Waals surface area contributed by atoms with Crippen molar-refractivity contribution in [1.82, 2.24) is 5.43 Å². The second-order valence-electron chi connectivity index (χ2n) is 5.61. The maximum atomic E-state index is 12.2. The van der Waals surface area contributed by atoms with Crippen LogP contribution < -0.4 is 5.43 Å². The van der Waals surface area contributed by atoms with E-state index >= 15 is 0 Å². The van der Waals surface area contributed by atoms with E-state index in [-0.39, 0.29) is 11.8 Å². The Bertz CT molecular complexity index is 664. The van der Waals surface area contributed by atoms with E-state index in [0.717, 1.165) is 24.1 Å². The van der Waals surface area contributed by atoms with Crippen LogP contribution in [0.1, 0.15) is 36.8 Å². The summed E-state index contributed by atoms with van der Waals surface area (Å²) in [4.78, 5) is 12.2. The Kier molecular flexibility index (Phi) is 4.33. The van der Waals surface area contributed by atoms with E-state index in [1.54, 1.807) is 0 Å². The summed E-state index contributed by atoms with van der Waals surface area (Å²) in [5.74, 6) is 0.425. The Hall–Kier alpha value is -2.42. The Balaban J connectivity index is 1.62. The minimum Gasteiger partial charge on any atom is -0.273 e. The number of nitrogens with zero attached hydrogens (tertiary/aromatic N) is 1. The molecule has 0 spiro atoms. The average Bonchev–Trinajstić information content (AvgIpc) is 3.38. The van der Waals surface area contributed by atoms with Gasteiger partial charge in [0.1, 0.15) is 0 Å². The highest BCUT2D eigenvalue weighted by molar-refractivity contribution is 6.01. The smallest absolute Gasteiger partial charge is 0.243 e. The SMILES string of the molecule is CCC(=NNC(=O)C1CC1c1ccccc1)c1ccccc1. The van der Waals surface area contributed by atoms with Crippen molar-refractivity contribution in [3.05, 3.63) is 71.8 Å². The molecule has 1 N–H and O–H groups in total. The van der Waals surface area contributed by atoms with Crippen molar-refractivity contribution in [2.75, 3.05) is 0 Å². The molecule has 1 amide bonds. The molecule has 2 aromatic carbocycles. The zero-order chi connectivity index (χ0) is 15.4. The molecule has 2 aromatic rings. The zero-order valence-electron chi connectivity index (χ0n) is 12.7. The molecule has 2 atom stereocenters. The first-order valence-corrected chi connectivity index (χ1v) is 7.76. The molecule has 0 aromatic heterocycles. The maximum Gasteiger partial charge on any atom is 0.243 e. The molecule has 1 fully saturated rings. The molecule has 0 aliphatic heterocycles. The standard InChI is InChI=1S/C19H20N2O/c1-2-18(15-11-7-4-8-12-15)20-21-19(22)17-13-16(17)14-9-5-3-6-10-14/h3-12,16-17H,2,13H2,1H3,(H,21,22). The van der Waals surface area contributed by atoms with Crippen LogP contribution in [0.4, 0.5) is 0 Å². The maximum absolute atomic E-state index is 12.2. The van der Waals surface area contributed by atoms with Gasteiger partial charge < -0.3 is 0 Å². The number of nitrogens with one attached hydrogen (secondary N) is 1. The number of benzene rings is 2. The Morgan fingerprint density at radius 2 is 1.73 bits per heavy atom. The summed E-state index contributed by atoms with van der Waals surface area (Å²) in [7, 11) is 0. The highest BCUT2D eigenvalue weighted by Crippen LogP contribution is 2.47. The van der Waals surface area contributed by atoms with Gasteiger partial charge in [0.05, 0.1) is 5.71 Å². The van der Waals surface area contributed by atoms with Gasteiger partial charge in [-0.25, -0.2) is 5.43 Å². The molecule has 3 nitrogen and oxygen atoms in total. The molecular weight excluding hydrogens is 272 g/mol. The van der Waals surface area contributed by atoms with Crippen molar-refractivity contribution in [3.8, 4) is 0 Å². The lowest BCUT2D eigenvalue weighted by Crippen LogP contribution is -2.22. The first kappa shape index (κ1) is 14.5. The quantitative estimate of drug-likeness (QED) is 0.662. The van der Waals surface area contributed by atoms with Crippen molar-refractivity contribution >= 4 is 11.6 Å². The van der Waals surface area contributed by atoms with Crippen molar-refractivity contribution < 1.29 is 4.79 Å². The van der Waals surface area contributed by atoms with Gasteiger partial charge in [-0.2, -0.15) is 5.10 Å². The van der Waals surface area contributed by atoms with Crippen LogP contribution in [0.15, 0.2) is 65.8 Å². The molecule has 3 rings (SSSR count). The second kappa shape index (κ2) is 6.56. The molecule has 22 heavy (non-hydrogen) atoms. The lowest BCUT2D eigenvalue weighted by Gasteiger charge is -2.05. The van der Waals surface area contributed by atoms with E-state index in [0.29, 0.717) is 5.92 Å². The van der Waals surface area contributed by atoms with Crippen LogP contribution in [-0.2, 0) is 4.79 Å². The van der Waals surface area contributed by atoms with Crippen LogP contribution in [0.3, 0.4) is 0 Å². The lowest BCUT2D eigenvalue weighted by molar-refractivity contribution is -0.122. The third-order valence-corrected chi connectivity index (χ3v) is 4.10. The number of carbonyl (C=O) groups is 1. The minimum atomic E-state index is 0.0238.